The number of carbonyl (C=O) groups excluding carboxylic acids is 3. The molecule has 8 nitrogen and oxygen atoms in total. The number of carbonyl (C=O) groups is 3. The summed E-state index contributed by atoms with van der Waals surface area (Å²) >= 11 is 0. The summed E-state index contributed by atoms with van der Waals surface area (Å²) in [5, 5.41) is 2.89. The third kappa shape index (κ3) is 4.79. The predicted octanol–water partition coefficient (Wildman–Crippen LogP) is 1.74. The number of nitrogens with zero attached hydrogens (tertiary/aromatic N) is 4. The van der Waals surface area contributed by atoms with Crippen LogP contribution in [-0.4, -0.2) is 70.2 Å². The maximum atomic E-state index is 12.9. The number of likely N-dealkylation sites (tertiary alicyclic amines) is 1. The van der Waals surface area contributed by atoms with Gasteiger partial charge in [0.15, 0.2) is 5.82 Å². The van der Waals surface area contributed by atoms with Crippen LogP contribution in [0.15, 0.2) is 36.7 Å². The van der Waals surface area contributed by atoms with Crippen molar-refractivity contribution in [3.05, 3.63) is 59.4 Å². The minimum Gasteiger partial charge on any atom is -0.345 e. The Kier molecular flexibility index (Phi) is 6.09. The molecule has 1 N–H and O–H groups in total. The van der Waals surface area contributed by atoms with Crippen molar-refractivity contribution < 1.29 is 18.8 Å². The van der Waals surface area contributed by atoms with E-state index >= 15 is 0 Å². The third-order valence-electron chi connectivity index (χ3n) is 5.18. The van der Waals surface area contributed by atoms with Crippen LogP contribution in [0.25, 0.3) is 0 Å². The highest BCUT2D eigenvalue weighted by atomic mass is 19.1. The molecular formula is C21H24FN5O3. The van der Waals surface area contributed by atoms with Crippen LogP contribution in [0.3, 0.4) is 0 Å². The minimum absolute atomic E-state index is 0.0940. The van der Waals surface area contributed by atoms with Crippen molar-refractivity contribution in [1.82, 2.24) is 25.1 Å². The van der Waals surface area contributed by atoms with Gasteiger partial charge in [0.1, 0.15) is 0 Å². The lowest BCUT2D eigenvalue weighted by atomic mass is 9.89. The molecule has 0 saturated carbocycles. The van der Waals surface area contributed by atoms with E-state index in [-0.39, 0.29) is 17.6 Å². The van der Waals surface area contributed by atoms with Gasteiger partial charge in [0, 0.05) is 43.9 Å². The lowest BCUT2D eigenvalue weighted by Crippen LogP contribution is -2.54. The Bertz CT molecular complexity index is 936. The van der Waals surface area contributed by atoms with Gasteiger partial charge in [0.05, 0.1) is 12.4 Å². The van der Waals surface area contributed by atoms with Gasteiger partial charge >= 0.3 is 0 Å². The molecule has 3 rings (SSSR count). The second kappa shape index (κ2) is 8.56. The molecule has 1 aromatic carbocycles. The Hall–Kier alpha value is -3.36. The predicted molar refractivity (Wildman–Crippen MR) is 107 cm³/mol. The summed E-state index contributed by atoms with van der Waals surface area (Å²) in [4.78, 5) is 47.7. The summed E-state index contributed by atoms with van der Waals surface area (Å²) in [5.41, 5.74) is 0.513. The van der Waals surface area contributed by atoms with E-state index in [0.29, 0.717) is 37.1 Å². The number of nitrogens with one attached hydrogen (secondary N) is 1. The molecule has 1 aliphatic heterocycles. The summed E-state index contributed by atoms with van der Waals surface area (Å²) < 4.78 is 12.9. The molecule has 3 amide bonds. The van der Waals surface area contributed by atoms with Crippen LogP contribution in [0, 0.1) is 5.82 Å². The molecule has 1 fully saturated rings. The summed E-state index contributed by atoms with van der Waals surface area (Å²) in [6.07, 6.45) is 3.01. The van der Waals surface area contributed by atoms with Crippen LogP contribution >= 0.6 is 0 Å². The number of amides is 3. The summed E-state index contributed by atoms with van der Waals surface area (Å²) in [6, 6.07) is 6.60. The molecule has 0 radical (unpaired) electrons. The zero-order valence-electron chi connectivity index (χ0n) is 17.2. The molecule has 2 heterocycles. The Morgan fingerprint density at radius 1 is 1.03 bits per heavy atom. The summed E-state index contributed by atoms with van der Waals surface area (Å²) in [6.45, 7) is 2.84. The number of halogens is 1. The van der Waals surface area contributed by atoms with Gasteiger partial charge in [-0.05, 0) is 44.0 Å². The van der Waals surface area contributed by atoms with Crippen molar-refractivity contribution in [1.29, 1.82) is 0 Å². The fourth-order valence-electron chi connectivity index (χ4n) is 3.28. The molecule has 1 aliphatic rings. The molecule has 0 bridgehead atoms. The van der Waals surface area contributed by atoms with Gasteiger partial charge in [0.2, 0.25) is 5.82 Å². The SMILES string of the molecule is CN(C)C(=O)c1ccc(C(=O)N2CCC(C)(NC(=O)c3ncc(F)cn3)CC2)cc1. The van der Waals surface area contributed by atoms with Gasteiger partial charge in [-0.25, -0.2) is 14.4 Å². The molecule has 0 atom stereocenters. The molecule has 0 aliphatic carbocycles. The second-order valence-electron chi connectivity index (χ2n) is 7.81. The second-order valence-corrected chi connectivity index (χ2v) is 7.81. The maximum Gasteiger partial charge on any atom is 0.289 e. The minimum atomic E-state index is -0.608. The Labute approximate surface area is 174 Å². The van der Waals surface area contributed by atoms with Crippen molar-refractivity contribution in [3.8, 4) is 0 Å². The third-order valence-corrected chi connectivity index (χ3v) is 5.18. The Morgan fingerprint density at radius 2 is 1.57 bits per heavy atom. The highest BCUT2D eigenvalue weighted by Gasteiger charge is 2.34. The normalized spacial score (nSPS) is 15.4. The fraction of sp³-hybridized carbons (Fsp3) is 0.381. The van der Waals surface area contributed by atoms with Gasteiger partial charge in [-0.2, -0.15) is 0 Å². The van der Waals surface area contributed by atoms with Gasteiger partial charge in [0.25, 0.3) is 17.7 Å². The lowest BCUT2D eigenvalue weighted by Gasteiger charge is -2.39. The number of piperidine rings is 1. The first-order chi connectivity index (χ1) is 14.2. The van der Waals surface area contributed by atoms with Gasteiger partial charge < -0.3 is 15.1 Å². The quantitative estimate of drug-likeness (QED) is 0.824. The van der Waals surface area contributed by atoms with Gasteiger partial charge in [-0.3, -0.25) is 14.4 Å². The zero-order chi connectivity index (χ0) is 21.9. The van der Waals surface area contributed by atoms with Crippen LogP contribution in [0.2, 0.25) is 0 Å². The summed E-state index contributed by atoms with van der Waals surface area (Å²) in [5.74, 6) is -1.41. The smallest absolute Gasteiger partial charge is 0.289 e. The highest BCUT2D eigenvalue weighted by molar-refractivity contribution is 5.97. The molecule has 9 heteroatoms. The molecule has 30 heavy (non-hydrogen) atoms. The first kappa shape index (κ1) is 21.4. The van der Waals surface area contributed by atoms with Crippen LogP contribution in [0.1, 0.15) is 51.1 Å². The monoisotopic (exact) mass is 413 g/mol. The van der Waals surface area contributed by atoms with Gasteiger partial charge in [-0.15, -0.1) is 0 Å². The van der Waals surface area contributed by atoms with Crippen molar-refractivity contribution in [2.45, 2.75) is 25.3 Å². The van der Waals surface area contributed by atoms with Crippen LogP contribution in [0.5, 0.6) is 0 Å². The van der Waals surface area contributed by atoms with E-state index in [1.807, 2.05) is 6.92 Å². The topological polar surface area (TPSA) is 95.5 Å². The van der Waals surface area contributed by atoms with E-state index in [9.17, 15) is 18.8 Å². The summed E-state index contributed by atoms with van der Waals surface area (Å²) in [7, 11) is 3.35. The molecule has 158 valence electrons. The van der Waals surface area contributed by atoms with E-state index in [1.54, 1.807) is 43.3 Å². The fourth-order valence-corrected chi connectivity index (χ4v) is 3.28. The van der Waals surface area contributed by atoms with Crippen molar-refractivity contribution in [2.24, 2.45) is 0 Å². The number of benzene rings is 1. The molecule has 0 unspecified atom stereocenters. The van der Waals surface area contributed by atoms with E-state index in [0.717, 1.165) is 12.4 Å². The first-order valence-corrected chi connectivity index (χ1v) is 9.59. The van der Waals surface area contributed by atoms with E-state index < -0.39 is 17.3 Å². The number of aromatic nitrogens is 2. The standard InChI is InChI=1S/C21H24FN5O3/c1-21(25-18(28)17-23-12-16(22)13-24-17)8-10-27(11-9-21)20(30)15-6-4-14(5-7-15)19(29)26(2)3/h4-7,12-13H,8-11H2,1-3H3,(H,25,28). The Balaban J connectivity index is 1.59. The zero-order valence-corrected chi connectivity index (χ0v) is 17.2. The molecule has 0 spiro atoms. The van der Waals surface area contributed by atoms with E-state index in [4.69, 9.17) is 0 Å². The van der Waals surface area contributed by atoms with E-state index in [2.05, 4.69) is 15.3 Å². The average molecular weight is 413 g/mol. The molecular weight excluding hydrogens is 389 g/mol. The molecule has 2 aromatic rings. The van der Waals surface area contributed by atoms with Crippen LogP contribution in [0.4, 0.5) is 4.39 Å². The van der Waals surface area contributed by atoms with E-state index in [1.165, 1.54) is 4.90 Å². The first-order valence-electron chi connectivity index (χ1n) is 9.59. The largest absolute Gasteiger partial charge is 0.345 e. The van der Waals surface area contributed by atoms with Crippen LogP contribution < -0.4 is 5.32 Å². The molecule has 1 aromatic heterocycles. The van der Waals surface area contributed by atoms with Crippen molar-refractivity contribution in [3.63, 3.8) is 0 Å². The average Bonchev–Trinajstić information content (AvgIpc) is 2.73. The maximum absolute atomic E-state index is 12.9. The molecule has 1 saturated heterocycles. The number of rotatable bonds is 4. The van der Waals surface area contributed by atoms with Crippen molar-refractivity contribution in [2.75, 3.05) is 27.2 Å². The highest BCUT2D eigenvalue weighted by Crippen LogP contribution is 2.23. The number of hydrogen-bond donors (Lipinski definition) is 1. The Morgan fingerprint density at radius 3 is 2.10 bits per heavy atom. The van der Waals surface area contributed by atoms with Gasteiger partial charge in [-0.1, -0.05) is 0 Å². The van der Waals surface area contributed by atoms with Crippen molar-refractivity contribution >= 4 is 17.7 Å². The lowest BCUT2D eigenvalue weighted by molar-refractivity contribution is 0.0635. The number of hydrogen-bond acceptors (Lipinski definition) is 5. The van der Waals surface area contributed by atoms with Crippen LogP contribution in [-0.2, 0) is 0 Å².